The number of nitrogens with zero attached hydrogens (tertiary/aromatic N) is 3. The van der Waals surface area contributed by atoms with Gasteiger partial charge in [0.25, 0.3) is 5.91 Å². The standard InChI is InChI=1S/C18H22N4O3/c1-13-8-20-17(21-9-13)19-5-2-15-4-7-25-18(15)11-22(12-18)16(23)14-3-6-24-10-14/h3,6,8-10,15H,2,4-5,7,11-12H2,1H3,(H,19,20,21). The van der Waals surface area contributed by atoms with Gasteiger partial charge < -0.3 is 19.4 Å². The Kier molecular flexibility index (Phi) is 4.17. The number of carbonyl (C=O) groups excluding carboxylic acids is 1. The molecule has 132 valence electrons. The fourth-order valence-electron chi connectivity index (χ4n) is 3.70. The molecule has 1 unspecified atom stereocenters. The van der Waals surface area contributed by atoms with Gasteiger partial charge in [0, 0.05) is 25.5 Å². The number of ether oxygens (including phenoxy) is 1. The molecule has 1 spiro atoms. The van der Waals surface area contributed by atoms with Gasteiger partial charge >= 0.3 is 0 Å². The first kappa shape index (κ1) is 16.1. The largest absolute Gasteiger partial charge is 0.472 e. The first-order valence-corrected chi connectivity index (χ1v) is 8.64. The molecule has 0 aliphatic carbocycles. The second-order valence-corrected chi connectivity index (χ2v) is 6.87. The lowest BCUT2D eigenvalue weighted by Gasteiger charge is -2.50. The fraction of sp³-hybridized carbons (Fsp3) is 0.500. The van der Waals surface area contributed by atoms with Gasteiger partial charge in [-0.15, -0.1) is 0 Å². The number of aromatic nitrogens is 2. The summed E-state index contributed by atoms with van der Waals surface area (Å²) >= 11 is 0. The van der Waals surface area contributed by atoms with Gasteiger partial charge in [-0.2, -0.15) is 0 Å². The number of rotatable bonds is 5. The molecule has 0 saturated carbocycles. The molecule has 4 rings (SSSR count). The van der Waals surface area contributed by atoms with Crippen LogP contribution in [-0.4, -0.2) is 52.6 Å². The Labute approximate surface area is 146 Å². The van der Waals surface area contributed by atoms with E-state index in [2.05, 4.69) is 15.3 Å². The summed E-state index contributed by atoms with van der Waals surface area (Å²) in [6.07, 6.45) is 8.64. The lowest BCUT2D eigenvalue weighted by Crippen LogP contribution is -2.66. The SMILES string of the molecule is Cc1cnc(NCCC2CCOC23CN(C(=O)c2ccoc2)C3)nc1. The Hall–Kier alpha value is -2.41. The van der Waals surface area contributed by atoms with Crippen LogP contribution < -0.4 is 5.32 Å². The Morgan fingerprint density at radius 1 is 1.40 bits per heavy atom. The molecule has 2 aromatic rings. The third-order valence-corrected chi connectivity index (χ3v) is 5.13. The van der Waals surface area contributed by atoms with Crippen molar-refractivity contribution < 1.29 is 13.9 Å². The van der Waals surface area contributed by atoms with E-state index in [0.717, 1.165) is 31.6 Å². The van der Waals surface area contributed by atoms with E-state index in [1.807, 2.05) is 11.8 Å². The average Bonchev–Trinajstić information content (AvgIpc) is 3.24. The molecular weight excluding hydrogens is 320 g/mol. The van der Waals surface area contributed by atoms with Crippen molar-refractivity contribution in [2.24, 2.45) is 5.92 Å². The number of likely N-dealkylation sites (tertiary alicyclic amines) is 1. The summed E-state index contributed by atoms with van der Waals surface area (Å²) < 4.78 is 11.0. The third-order valence-electron chi connectivity index (χ3n) is 5.13. The molecular formula is C18H22N4O3. The number of furan rings is 1. The molecule has 2 saturated heterocycles. The lowest BCUT2D eigenvalue weighted by molar-refractivity contribution is -0.117. The van der Waals surface area contributed by atoms with Gasteiger partial charge in [-0.05, 0) is 37.3 Å². The third kappa shape index (κ3) is 3.11. The van der Waals surface area contributed by atoms with Crippen molar-refractivity contribution in [3.63, 3.8) is 0 Å². The number of hydrogen-bond donors (Lipinski definition) is 1. The van der Waals surface area contributed by atoms with E-state index >= 15 is 0 Å². The molecule has 7 heteroatoms. The van der Waals surface area contributed by atoms with Crippen LogP contribution in [0.15, 0.2) is 35.4 Å². The number of hydrogen-bond acceptors (Lipinski definition) is 6. The van der Waals surface area contributed by atoms with Gasteiger partial charge in [0.1, 0.15) is 11.9 Å². The average molecular weight is 342 g/mol. The number of nitrogens with one attached hydrogen (secondary N) is 1. The molecule has 7 nitrogen and oxygen atoms in total. The van der Waals surface area contributed by atoms with Gasteiger partial charge in [0.2, 0.25) is 5.95 Å². The van der Waals surface area contributed by atoms with Crippen LogP contribution in [0.1, 0.15) is 28.8 Å². The molecule has 1 N–H and O–H groups in total. The first-order chi connectivity index (χ1) is 12.2. The minimum Gasteiger partial charge on any atom is -0.472 e. The quantitative estimate of drug-likeness (QED) is 0.896. The van der Waals surface area contributed by atoms with Gasteiger partial charge in [0.05, 0.1) is 24.9 Å². The molecule has 25 heavy (non-hydrogen) atoms. The lowest BCUT2D eigenvalue weighted by atomic mass is 9.78. The minimum absolute atomic E-state index is 0.0137. The van der Waals surface area contributed by atoms with Crippen LogP contribution in [0.4, 0.5) is 5.95 Å². The van der Waals surface area contributed by atoms with Crippen LogP contribution in [0.2, 0.25) is 0 Å². The van der Waals surface area contributed by atoms with Crippen LogP contribution in [0.25, 0.3) is 0 Å². The predicted octanol–water partition coefficient (Wildman–Crippen LogP) is 2.11. The summed E-state index contributed by atoms with van der Waals surface area (Å²) in [6, 6.07) is 1.70. The fourth-order valence-corrected chi connectivity index (χ4v) is 3.70. The molecule has 2 aromatic heterocycles. The van der Waals surface area contributed by atoms with E-state index in [1.54, 1.807) is 18.5 Å². The zero-order valence-corrected chi connectivity index (χ0v) is 14.3. The van der Waals surface area contributed by atoms with Crippen LogP contribution in [-0.2, 0) is 4.74 Å². The van der Waals surface area contributed by atoms with Gasteiger partial charge in [-0.3, -0.25) is 4.79 Å². The number of carbonyl (C=O) groups is 1. The molecule has 4 heterocycles. The van der Waals surface area contributed by atoms with Gasteiger partial charge in [-0.25, -0.2) is 9.97 Å². The zero-order valence-electron chi connectivity index (χ0n) is 14.3. The van der Waals surface area contributed by atoms with Crippen molar-refractivity contribution in [2.45, 2.75) is 25.4 Å². The van der Waals surface area contributed by atoms with Crippen molar-refractivity contribution in [1.29, 1.82) is 0 Å². The van der Waals surface area contributed by atoms with Crippen LogP contribution in [0.5, 0.6) is 0 Å². The summed E-state index contributed by atoms with van der Waals surface area (Å²) in [5, 5.41) is 3.27. The Morgan fingerprint density at radius 3 is 2.92 bits per heavy atom. The molecule has 2 aliphatic heterocycles. The van der Waals surface area contributed by atoms with Crippen LogP contribution in [0, 0.1) is 12.8 Å². The number of amides is 1. The molecule has 0 radical (unpaired) electrons. The van der Waals surface area contributed by atoms with Crippen molar-refractivity contribution in [2.75, 3.05) is 31.6 Å². The number of anilines is 1. The summed E-state index contributed by atoms with van der Waals surface area (Å²) in [5.74, 6) is 1.11. The highest BCUT2D eigenvalue weighted by molar-refractivity contribution is 5.94. The second-order valence-electron chi connectivity index (χ2n) is 6.87. The van der Waals surface area contributed by atoms with Crippen LogP contribution >= 0.6 is 0 Å². The van der Waals surface area contributed by atoms with Gasteiger partial charge in [0.15, 0.2) is 0 Å². The molecule has 2 aliphatic rings. The van der Waals surface area contributed by atoms with Crippen molar-refractivity contribution in [3.8, 4) is 0 Å². The maximum absolute atomic E-state index is 12.3. The normalized spacial score (nSPS) is 21.3. The topological polar surface area (TPSA) is 80.5 Å². The van der Waals surface area contributed by atoms with E-state index in [0.29, 0.717) is 30.5 Å². The first-order valence-electron chi connectivity index (χ1n) is 8.64. The molecule has 0 bridgehead atoms. The smallest absolute Gasteiger partial charge is 0.257 e. The summed E-state index contributed by atoms with van der Waals surface area (Å²) in [6.45, 7) is 4.84. The van der Waals surface area contributed by atoms with E-state index in [4.69, 9.17) is 9.15 Å². The Morgan fingerprint density at radius 2 is 2.20 bits per heavy atom. The van der Waals surface area contributed by atoms with Crippen molar-refractivity contribution in [1.82, 2.24) is 14.9 Å². The maximum Gasteiger partial charge on any atom is 0.257 e. The molecule has 1 atom stereocenters. The maximum atomic E-state index is 12.3. The summed E-state index contributed by atoms with van der Waals surface area (Å²) in [5.41, 5.74) is 1.46. The second kappa shape index (κ2) is 6.48. The molecule has 1 amide bonds. The predicted molar refractivity (Wildman–Crippen MR) is 91.3 cm³/mol. The summed E-state index contributed by atoms with van der Waals surface area (Å²) in [4.78, 5) is 22.7. The van der Waals surface area contributed by atoms with Gasteiger partial charge in [-0.1, -0.05) is 0 Å². The van der Waals surface area contributed by atoms with E-state index in [-0.39, 0.29) is 11.5 Å². The number of aryl methyl sites for hydroxylation is 1. The van der Waals surface area contributed by atoms with E-state index in [1.165, 1.54) is 12.5 Å². The molecule has 0 aromatic carbocycles. The highest BCUT2D eigenvalue weighted by Crippen LogP contribution is 2.42. The zero-order chi connectivity index (χ0) is 17.3. The van der Waals surface area contributed by atoms with Crippen molar-refractivity contribution in [3.05, 3.63) is 42.1 Å². The summed E-state index contributed by atoms with van der Waals surface area (Å²) in [7, 11) is 0. The monoisotopic (exact) mass is 342 g/mol. The Bertz CT molecular complexity index is 723. The van der Waals surface area contributed by atoms with E-state index < -0.39 is 0 Å². The minimum atomic E-state index is -0.185. The van der Waals surface area contributed by atoms with Crippen LogP contribution in [0.3, 0.4) is 0 Å². The van der Waals surface area contributed by atoms with Crippen molar-refractivity contribution >= 4 is 11.9 Å². The molecule has 2 fully saturated rings. The highest BCUT2D eigenvalue weighted by Gasteiger charge is 2.54. The highest BCUT2D eigenvalue weighted by atomic mass is 16.5. The Balaban J connectivity index is 1.29. The van der Waals surface area contributed by atoms with E-state index in [9.17, 15) is 4.79 Å².